The van der Waals surface area contributed by atoms with Gasteiger partial charge in [-0.25, -0.2) is 0 Å². The molecule has 23 atom stereocenters. The molecule has 0 N–H and O–H groups in total. The SMILES string of the molecule is COC1=C[C@H](/C=C\[C@@H]2CC(OC)[C@H](/C=C\[C@@H]3CC(OC)[C@H](/C=C\[C@H]4CC(OC)[C@@H](C)CC4OC)CC3OC)CC2OC)C(OC)C[C@H]1/C=C/[C@H]1CC(OC)[C@@H](/C=C/[C@@H]2CC(OC)[C@H](C)CC2OC)C[C@H]1OC. The van der Waals surface area contributed by atoms with E-state index in [0.717, 1.165) is 76.4 Å². The predicted molar refractivity (Wildman–Crippen MR) is 284 cm³/mol. The second kappa shape index (κ2) is 29.4. The van der Waals surface area contributed by atoms with Crippen molar-refractivity contribution < 1.29 is 56.8 Å². The second-order valence-corrected chi connectivity index (χ2v) is 22.3. The van der Waals surface area contributed by atoms with E-state index in [9.17, 15) is 0 Å². The first-order valence-corrected chi connectivity index (χ1v) is 27.4. The van der Waals surface area contributed by atoms with Crippen LogP contribution in [0.4, 0.5) is 0 Å². The lowest BCUT2D eigenvalue weighted by Gasteiger charge is -2.40. The predicted octanol–water partition coefficient (Wildman–Crippen LogP) is 10.3. The molecule has 10 unspecified atom stereocenters. The van der Waals surface area contributed by atoms with E-state index >= 15 is 0 Å². The summed E-state index contributed by atoms with van der Waals surface area (Å²) in [6, 6.07) is 0. The van der Waals surface area contributed by atoms with Gasteiger partial charge < -0.3 is 56.8 Å². The van der Waals surface area contributed by atoms with Gasteiger partial charge in [0.05, 0.1) is 80.0 Å². The largest absolute Gasteiger partial charge is 0.501 e. The third kappa shape index (κ3) is 14.8. The topological polar surface area (TPSA) is 111 Å². The standard InChI is InChI=1S/C60H98O12/c1-37-25-51(63-5)39(27-49(37)61-3)15-17-41-29-55(67-9)43(31-53(41)65-7)19-21-45-33-59(71-13)47(35-57(45)69-11)23-24-48-36-58(70-12)46(34-60(48)72-14)22-20-44-32-54(66-8)42(30-56(44)68-10)18-16-40-28-50(62-4)38(2)26-52(40)64-6/h15-24,35,37-56,58-60H,25-34,36H2,1-14H3/b17-15+,18-16-,21-19+,22-20-,24-23-/t37-,38+,39-,40+,41+,42-,43+,44-,45-,46-,47+,48-,49?,50?,51?,52?,53?,54?,55-,56?,58?,59?,60?/m1/s1. The molecule has 0 aromatic heterocycles. The quantitative estimate of drug-likeness (QED) is 0.0963. The van der Waals surface area contributed by atoms with Gasteiger partial charge in [-0.1, -0.05) is 74.6 Å². The highest BCUT2D eigenvalue weighted by molar-refractivity contribution is 5.21. The van der Waals surface area contributed by atoms with E-state index in [1.165, 1.54) is 0 Å². The molecule has 12 nitrogen and oxygen atoms in total. The molecule has 6 aliphatic carbocycles. The average molecular weight is 1010 g/mol. The average Bonchev–Trinajstić information content (AvgIpc) is 3.41. The molecule has 5 fully saturated rings. The number of hydrogen-bond donors (Lipinski definition) is 0. The van der Waals surface area contributed by atoms with Crippen molar-refractivity contribution in [3.8, 4) is 0 Å². The summed E-state index contributed by atoms with van der Waals surface area (Å²) in [7, 11) is 22.0. The maximum absolute atomic E-state index is 6.24. The van der Waals surface area contributed by atoms with Crippen LogP contribution in [-0.4, -0.2) is 152 Å². The molecule has 6 aliphatic rings. The van der Waals surface area contributed by atoms with Crippen molar-refractivity contribution in [2.24, 2.45) is 71.0 Å². The summed E-state index contributed by atoms with van der Waals surface area (Å²) >= 11 is 0. The van der Waals surface area contributed by atoms with Crippen LogP contribution in [0, 0.1) is 71.0 Å². The molecule has 0 heterocycles. The fraction of sp³-hybridized carbons (Fsp3) is 0.800. The Morgan fingerprint density at radius 1 is 0.278 bits per heavy atom. The summed E-state index contributed by atoms with van der Waals surface area (Å²) < 4.78 is 73.1. The lowest BCUT2D eigenvalue weighted by molar-refractivity contribution is -0.0523. The van der Waals surface area contributed by atoms with E-state index in [1.54, 1.807) is 7.11 Å². The Kier molecular flexibility index (Phi) is 24.1. The van der Waals surface area contributed by atoms with Gasteiger partial charge in [-0.2, -0.15) is 0 Å². The summed E-state index contributed by atoms with van der Waals surface area (Å²) in [4.78, 5) is 0. The van der Waals surface area contributed by atoms with Crippen LogP contribution in [0.1, 0.15) is 84.5 Å². The van der Waals surface area contributed by atoms with Gasteiger partial charge in [-0.15, -0.1) is 0 Å². The number of ether oxygens (including phenoxy) is 12. The molecule has 0 bridgehead atoms. The Hall–Kier alpha value is -2.20. The van der Waals surface area contributed by atoms with Crippen LogP contribution in [0.3, 0.4) is 0 Å². The lowest BCUT2D eigenvalue weighted by Crippen LogP contribution is -2.41. The maximum Gasteiger partial charge on any atom is 0.0992 e. The minimum atomic E-state index is -0.00730. The molecule has 0 saturated heterocycles. The van der Waals surface area contributed by atoms with Crippen molar-refractivity contribution in [2.75, 3.05) is 85.3 Å². The molecule has 72 heavy (non-hydrogen) atoms. The van der Waals surface area contributed by atoms with E-state index < -0.39 is 0 Å². The molecule has 0 amide bonds. The van der Waals surface area contributed by atoms with E-state index in [4.69, 9.17) is 56.8 Å². The van der Waals surface area contributed by atoms with Gasteiger partial charge >= 0.3 is 0 Å². The van der Waals surface area contributed by atoms with Crippen LogP contribution < -0.4 is 0 Å². The van der Waals surface area contributed by atoms with E-state index in [-0.39, 0.29) is 114 Å². The molecule has 12 heteroatoms. The molecule has 6 rings (SSSR count). The molecule has 0 aromatic rings. The molecule has 410 valence electrons. The first-order chi connectivity index (χ1) is 34.9. The number of allylic oxidation sites excluding steroid dienone is 1. The first kappa shape index (κ1) is 59.1. The highest BCUT2D eigenvalue weighted by Gasteiger charge is 2.41. The monoisotopic (exact) mass is 1010 g/mol. The molecule has 0 aliphatic heterocycles. The van der Waals surface area contributed by atoms with Crippen molar-refractivity contribution in [1.29, 1.82) is 0 Å². The number of hydrogen-bond acceptors (Lipinski definition) is 12. The fourth-order valence-electron chi connectivity index (χ4n) is 13.9. The summed E-state index contributed by atoms with van der Waals surface area (Å²) in [6.07, 6.45) is 37.2. The summed E-state index contributed by atoms with van der Waals surface area (Å²) in [5, 5.41) is 0. The van der Waals surface area contributed by atoms with Gasteiger partial charge in [0.2, 0.25) is 0 Å². The first-order valence-electron chi connectivity index (χ1n) is 27.4. The second-order valence-electron chi connectivity index (χ2n) is 22.3. The van der Waals surface area contributed by atoms with Crippen molar-refractivity contribution >= 4 is 0 Å². The summed E-state index contributed by atoms with van der Waals surface area (Å²) in [5.41, 5.74) is 0. The van der Waals surface area contributed by atoms with Crippen molar-refractivity contribution in [3.63, 3.8) is 0 Å². The fourth-order valence-corrected chi connectivity index (χ4v) is 13.9. The van der Waals surface area contributed by atoms with Gasteiger partial charge in [-0.05, 0) is 88.5 Å². The molecule has 5 saturated carbocycles. The van der Waals surface area contributed by atoms with Gasteiger partial charge in [0.1, 0.15) is 0 Å². The number of rotatable bonds is 22. The zero-order chi connectivity index (χ0) is 51.9. The van der Waals surface area contributed by atoms with Crippen LogP contribution in [0.2, 0.25) is 0 Å². The van der Waals surface area contributed by atoms with Gasteiger partial charge in [0.25, 0.3) is 0 Å². The van der Waals surface area contributed by atoms with Crippen LogP contribution in [0.5, 0.6) is 0 Å². The van der Waals surface area contributed by atoms with Gasteiger partial charge in [-0.3, -0.25) is 0 Å². The Bertz CT molecular complexity index is 1760. The van der Waals surface area contributed by atoms with Gasteiger partial charge in [0, 0.05) is 137 Å². The van der Waals surface area contributed by atoms with Crippen molar-refractivity contribution in [3.05, 3.63) is 72.6 Å². The maximum atomic E-state index is 6.24. The van der Waals surface area contributed by atoms with Crippen LogP contribution in [0.15, 0.2) is 72.6 Å². The van der Waals surface area contributed by atoms with Crippen LogP contribution in [-0.2, 0) is 56.8 Å². The van der Waals surface area contributed by atoms with Gasteiger partial charge in [0.15, 0.2) is 0 Å². The Balaban J connectivity index is 1.07. The molecular formula is C60H98O12. The summed E-state index contributed by atoms with van der Waals surface area (Å²) in [5.74, 6) is 4.05. The number of methoxy groups -OCH3 is 12. The van der Waals surface area contributed by atoms with E-state index in [2.05, 4.69) is 80.7 Å². The molecule has 0 radical (unpaired) electrons. The van der Waals surface area contributed by atoms with E-state index in [1.807, 2.05) is 78.2 Å². The minimum Gasteiger partial charge on any atom is -0.501 e. The molecule has 0 aromatic carbocycles. The Labute approximate surface area is 435 Å². The highest BCUT2D eigenvalue weighted by Crippen LogP contribution is 2.42. The highest BCUT2D eigenvalue weighted by atomic mass is 16.5. The molecular weight excluding hydrogens is 913 g/mol. The molecule has 0 spiro atoms. The van der Waals surface area contributed by atoms with Crippen molar-refractivity contribution in [2.45, 2.75) is 152 Å². The smallest absolute Gasteiger partial charge is 0.0992 e. The van der Waals surface area contributed by atoms with Crippen LogP contribution >= 0.6 is 0 Å². The zero-order valence-electron chi connectivity index (χ0n) is 46.8. The third-order valence-electron chi connectivity index (χ3n) is 18.5. The Morgan fingerprint density at radius 3 is 0.778 bits per heavy atom. The minimum absolute atomic E-state index is 0.00730. The lowest BCUT2D eigenvalue weighted by atomic mass is 9.73. The summed E-state index contributed by atoms with van der Waals surface area (Å²) in [6.45, 7) is 4.52. The Morgan fingerprint density at radius 2 is 0.514 bits per heavy atom. The van der Waals surface area contributed by atoms with Crippen LogP contribution in [0.25, 0.3) is 0 Å². The third-order valence-corrected chi connectivity index (χ3v) is 18.5. The van der Waals surface area contributed by atoms with E-state index in [0.29, 0.717) is 23.7 Å². The normalized spacial score (nSPS) is 43.6. The zero-order valence-corrected chi connectivity index (χ0v) is 46.8. The van der Waals surface area contributed by atoms with Crippen molar-refractivity contribution in [1.82, 2.24) is 0 Å².